The van der Waals surface area contributed by atoms with Crippen LogP contribution in [0, 0.1) is 5.92 Å². The highest BCUT2D eigenvalue weighted by Crippen LogP contribution is 2.43. The minimum Gasteiger partial charge on any atom is -0.303 e. The number of hydrogen-bond donors (Lipinski definition) is 0. The van der Waals surface area contributed by atoms with Crippen molar-refractivity contribution in [1.82, 2.24) is 9.21 Å². The maximum Gasteiger partial charge on any atom is 0.0230 e. The monoisotopic (exact) mass is 498 g/mol. The lowest BCUT2D eigenvalue weighted by Crippen LogP contribution is -2.41. The Morgan fingerprint density at radius 1 is 0.889 bits per heavy atom. The van der Waals surface area contributed by atoms with Gasteiger partial charge >= 0.3 is 0 Å². The smallest absolute Gasteiger partial charge is 0.0230 e. The lowest BCUT2D eigenvalue weighted by molar-refractivity contribution is 0.158. The quantitative estimate of drug-likeness (QED) is 0.251. The first-order chi connectivity index (χ1) is 17.7. The van der Waals surface area contributed by atoms with Crippen molar-refractivity contribution < 1.29 is 0 Å². The molecule has 3 aromatic rings. The van der Waals surface area contributed by atoms with Crippen LogP contribution in [0.25, 0.3) is 0 Å². The largest absolute Gasteiger partial charge is 0.303 e. The molecule has 36 heavy (non-hydrogen) atoms. The van der Waals surface area contributed by atoms with Gasteiger partial charge in [-0.2, -0.15) is 0 Å². The van der Waals surface area contributed by atoms with Crippen LogP contribution in [-0.2, 0) is 18.3 Å². The van der Waals surface area contributed by atoms with Crippen LogP contribution in [0.5, 0.6) is 0 Å². The van der Waals surface area contributed by atoms with Crippen molar-refractivity contribution in [2.75, 3.05) is 33.2 Å². The summed E-state index contributed by atoms with van der Waals surface area (Å²) in [6.45, 7) is 4.90. The summed E-state index contributed by atoms with van der Waals surface area (Å²) in [7, 11) is 2.28. The molecule has 1 unspecified atom stereocenters. The van der Waals surface area contributed by atoms with Gasteiger partial charge in [-0.05, 0) is 118 Å². The lowest BCUT2D eigenvalue weighted by Gasteiger charge is -2.38. The fourth-order valence-corrected chi connectivity index (χ4v) is 7.45. The van der Waals surface area contributed by atoms with Crippen molar-refractivity contribution in [2.45, 2.75) is 61.7 Å². The van der Waals surface area contributed by atoms with Gasteiger partial charge in [-0.15, -0.1) is 0 Å². The van der Waals surface area contributed by atoms with E-state index in [0.29, 0.717) is 0 Å². The van der Waals surface area contributed by atoms with Crippen molar-refractivity contribution in [1.29, 1.82) is 0 Å². The van der Waals surface area contributed by atoms with Gasteiger partial charge in [0.05, 0.1) is 0 Å². The molecule has 1 saturated heterocycles. The predicted molar refractivity (Wildman–Crippen MR) is 155 cm³/mol. The summed E-state index contributed by atoms with van der Waals surface area (Å²) in [5.74, 6) is 0.916. The Morgan fingerprint density at radius 3 is 2.36 bits per heavy atom. The highest BCUT2D eigenvalue weighted by Gasteiger charge is 2.39. The zero-order valence-corrected chi connectivity index (χ0v) is 22.8. The molecule has 5 rings (SSSR count). The molecule has 1 atom stereocenters. The summed E-state index contributed by atoms with van der Waals surface area (Å²) < 4.78 is 2.48. The molecule has 0 aromatic heterocycles. The highest BCUT2D eigenvalue weighted by molar-refractivity contribution is 7.97. The maximum absolute atomic E-state index is 2.76. The molecule has 190 valence electrons. The molecule has 2 aliphatic rings. The fourth-order valence-electron chi connectivity index (χ4n) is 6.50. The third-order valence-electron chi connectivity index (χ3n) is 8.53. The van der Waals surface area contributed by atoms with E-state index >= 15 is 0 Å². The number of likely N-dealkylation sites (tertiary alicyclic amines) is 1. The molecule has 0 radical (unpaired) electrons. The van der Waals surface area contributed by atoms with Crippen LogP contribution in [0.3, 0.4) is 0 Å². The third-order valence-corrected chi connectivity index (χ3v) is 9.45. The molecule has 2 nitrogen and oxygen atoms in total. The molecule has 0 saturated carbocycles. The van der Waals surface area contributed by atoms with E-state index in [1.807, 2.05) is 11.9 Å². The Morgan fingerprint density at radius 2 is 1.58 bits per heavy atom. The van der Waals surface area contributed by atoms with Crippen molar-refractivity contribution in [3.05, 3.63) is 102 Å². The van der Waals surface area contributed by atoms with Crippen LogP contribution in [0.1, 0.15) is 55.2 Å². The first-order valence-corrected chi connectivity index (χ1v) is 14.8. The second kappa shape index (κ2) is 12.4. The van der Waals surface area contributed by atoms with Crippen molar-refractivity contribution >= 4 is 11.9 Å². The Kier molecular flexibility index (Phi) is 8.84. The van der Waals surface area contributed by atoms with E-state index in [-0.39, 0.29) is 5.41 Å². The Hall–Kier alpha value is -2.07. The minimum atomic E-state index is 0.264. The van der Waals surface area contributed by atoms with Gasteiger partial charge in [0.15, 0.2) is 0 Å². The van der Waals surface area contributed by atoms with Crippen LogP contribution in [0.4, 0.5) is 0 Å². The van der Waals surface area contributed by atoms with Crippen molar-refractivity contribution in [3.8, 4) is 0 Å². The van der Waals surface area contributed by atoms with E-state index in [0.717, 1.165) is 12.5 Å². The van der Waals surface area contributed by atoms with E-state index in [1.165, 1.54) is 81.5 Å². The third kappa shape index (κ3) is 6.62. The SMILES string of the molecule is CN(CC1(CCN2CCC(CCCc3ccccc3)CC2)CCc2ccccc21)Sc1ccccc1. The van der Waals surface area contributed by atoms with Gasteiger partial charge < -0.3 is 4.90 Å². The number of fused-ring (bicyclic) bond motifs is 1. The molecule has 1 aliphatic heterocycles. The van der Waals surface area contributed by atoms with E-state index in [2.05, 4.69) is 101 Å². The zero-order valence-electron chi connectivity index (χ0n) is 21.9. The Labute approximate surface area is 223 Å². The second-order valence-corrected chi connectivity index (χ2v) is 12.3. The summed E-state index contributed by atoms with van der Waals surface area (Å²) in [6, 6.07) is 31.1. The van der Waals surface area contributed by atoms with Crippen molar-refractivity contribution in [2.24, 2.45) is 5.92 Å². The standard InChI is InChI=1S/C33H42N2S/c1-34(36-31-16-6-3-7-17-31)27-33(22-19-30-15-8-9-18-32(30)33)23-26-35-24-20-29(21-25-35)14-10-13-28-11-4-2-5-12-28/h2-9,11-12,15-18,29H,10,13-14,19-27H2,1H3. The average molecular weight is 499 g/mol. The predicted octanol–water partition coefficient (Wildman–Crippen LogP) is 7.63. The van der Waals surface area contributed by atoms with Crippen LogP contribution in [-0.4, -0.2) is 42.4 Å². The average Bonchev–Trinajstić information content (AvgIpc) is 3.28. The van der Waals surface area contributed by atoms with E-state index < -0.39 is 0 Å². The van der Waals surface area contributed by atoms with E-state index in [9.17, 15) is 0 Å². The summed E-state index contributed by atoms with van der Waals surface area (Å²) >= 11 is 1.89. The minimum absolute atomic E-state index is 0.264. The molecule has 0 N–H and O–H groups in total. The van der Waals surface area contributed by atoms with E-state index in [4.69, 9.17) is 0 Å². The molecule has 1 aliphatic carbocycles. The molecular weight excluding hydrogens is 456 g/mol. The van der Waals surface area contributed by atoms with Crippen LogP contribution in [0.15, 0.2) is 89.8 Å². The van der Waals surface area contributed by atoms with Crippen LogP contribution >= 0.6 is 11.9 Å². The van der Waals surface area contributed by atoms with Gasteiger partial charge in [-0.25, -0.2) is 4.31 Å². The molecule has 3 heteroatoms. The van der Waals surface area contributed by atoms with Gasteiger partial charge in [0.25, 0.3) is 0 Å². The number of hydrogen-bond acceptors (Lipinski definition) is 3. The summed E-state index contributed by atoms with van der Waals surface area (Å²) in [5.41, 5.74) is 4.95. The number of nitrogens with zero attached hydrogens (tertiary/aromatic N) is 2. The zero-order chi connectivity index (χ0) is 24.6. The Bertz CT molecular complexity index is 1060. The first kappa shape index (κ1) is 25.6. The summed E-state index contributed by atoms with van der Waals surface area (Å²) in [4.78, 5) is 4.09. The molecule has 0 bridgehead atoms. The van der Waals surface area contributed by atoms with Gasteiger partial charge in [0.1, 0.15) is 0 Å². The fraction of sp³-hybridized carbons (Fsp3) is 0.455. The molecule has 1 fully saturated rings. The second-order valence-electron chi connectivity index (χ2n) is 11.0. The Balaban J connectivity index is 1.14. The molecule has 1 heterocycles. The summed E-state index contributed by atoms with van der Waals surface area (Å²) in [5, 5.41) is 0. The van der Waals surface area contributed by atoms with Gasteiger partial charge in [-0.3, -0.25) is 0 Å². The van der Waals surface area contributed by atoms with Gasteiger partial charge in [-0.1, -0.05) is 79.2 Å². The number of piperidine rings is 1. The number of benzene rings is 3. The summed E-state index contributed by atoms with van der Waals surface area (Å²) in [6.07, 6.45) is 10.5. The van der Waals surface area contributed by atoms with Crippen molar-refractivity contribution in [3.63, 3.8) is 0 Å². The lowest BCUT2D eigenvalue weighted by atomic mass is 9.78. The maximum atomic E-state index is 2.76. The molecule has 0 amide bonds. The molecule has 0 spiro atoms. The molecular formula is C33H42N2S. The van der Waals surface area contributed by atoms with Gasteiger partial charge in [0.2, 0.25) is 0 Å². The van der Waals surface area contributed by atoms with Crippen LogP contribution in [0.2, 0.25) is 0 Å². The molecule has 3 aromatic carbocycles. The first-order valence-electron chi connectivity index (χ1n) is 14.0. The van der Waals surface area contributed by atoms with Gasteiger partial charge in [0, 0.05) is 16.9 Å². The highest BCUT2D eigenvalue weighted by atomic mass is 32.2. The van der Waals surface area contributed by atoms with Crippen LogP contribution < -0.4 is 0 Å². The topological polar surface area (TPSA) is 6.48 Å². The number of aryl methyl sites for hydroxylation is 2. The number of rotatable bonds is 11. The normalized spacial score (nSPS) is 20.6. The number of likely N-dealkylation sites (N-methyl/N-ethyl adjacent to an activating group) is 1. The van der Waals surface area contributed by atoms with E-state index in [1.54, 1.807) is 11.1 Å².